The van der Waals surface area contributed by atoms with Crippen LogP contribution in [0.4, 0.5) is 5.69 Å². The number of ether oxygens (including phenoxy) is 1. The Bertz CT molecular complexity index is 953. The maximum atomic E-state index is 12.9. The first-order chi connectivity index (χ1) is 13.4. The van der Waals surface area contributed by atoms with E-state index in [-0.39, 0.29) is 5.91 Å². The first-order valence-electron chi connectivity index (χ1n) is 8.76. The van der Waals surface area contributed by atoms with Crippen molar-refractivity contribution in [3.05, 3.63) is 64.6 Å². The summed E-state index contributed by atoms with van der Waals surface area (Å²) in [5.74, 6) is -0.715. The van der Waals surface area contributed by atoms with E-state index in [1.807, 2.05) is 31.2 Å². The van der Waals surface area contributed by atoms with E-state index in [1.54, 1.807) is 35.2 Å². The van der Waals surface area contributed by atoms with Crippen molar-refractivity contribution in [3.63, 3.8) is 0 Å². The summed E-state index contributed by atoms with van der Waals surface area (Å²) in [6.07, 6.45) is 1.65. The fraction of sp³-hybridized carbons (Fsp3) is 0.190. The third-order valence-corrected chi connectivity index (χ3v) is 5.55. The van der Waals surface area contributed by atoms with Crippen molar-refractivity contribution in [3.8, 4) is 5.75 Å². The summed E-state index contributed by atoms with van der Waals surface area (Å²) in [5.41, 5.74) is 2.69. The Labute approximate surface area is 173 Å². The number of carboxylic acid groups (broad SMARTS) is 1. The van der Waals surface area contributed by atoms with E-state index in [9.17, 15) is 9.59 Å². The summed E-state index contributed by atoms with van der Waals surface area (Å²) >= 11 is 6.71. The maximum absolute atomic E-state index is 12.9. The molecule has 1 N–H and O–H groups in total. The number of thiocarbonyl (C=S) groups is 1. The minimum atomic E-state index is -1.03. The van der Waals surface area contributed by atoms with Gasteiger partial charge in [-0.05, 0) is 48.7 Å². The molecule has 0 spiro atoms. The second-order valence-corrected chi connectivity index (χ2v) is 7.84. The van der Waals surface area contributed by atoms with E-state index in [0.717, 1.165) is 23.2 Å². The lowest BCUT2D eigenvalue weighted by Crippen LogP contribution is -2.28. The smallest absolute Gasteiger partial charge is 0.344 e. The topological polar surface area (TPSA) is 66.8 Å². The summed E-state index contributed by atoms with van der Waals surface area (Å²) in [6, 6.07) is 14.7. The molecule has 1 saturated heterocycles. The number of para-hydroxylation sites is 1. The fourth-order valence-electron chi connectivity index (χ4n) is 2.75. The van der Waals surface area contributed by atoms with Gasteiger partial charge in [0.15, 0.2) is 10.4 Å². The Morgan fingerprint density at radius 1 is 1.25 bits per heavy atom. The zero-order valence-corrected chi connectivity index (χ0v) is 17.0. The van der Waals surface area contributed by atoms with Crippen LogP contribution in [0, 0.1) is 0 Å². The van der Waals surface area contributed by atoms with Gasteiger partial charge in [-0.3, -0.25) is 9.69 Å². The van der Waals surface area contributed by atoms with E-state index >= 15 is 0 Å². The van der Waals surface area contributed by atoms with Crippen molar-refractivity contribution in [1.82, 2.24) is 0 Å². The molecule has 3 rings (SSSR count). The number of hydrogen-bond donors (Lipinski definition) is 1. The van der Waals surface area contributed by atoms with Crippen LogP contribution < -0.4 is 9.64 Å². The van der Waals surface area contributed by atoms with Gasteiger partial charge in [-0.2, -0.15) is 0 Å². The molecular weight excluding hydrogens is 394 g/mol. The molecule has 1 amide bonds. The number of amides is 1. The molecule has 1 atom stereocenters. The highest BCUT2D eigenvalue weighted by molar-refractivity contribution is 8.27. The number of hydrogen-bond acceptors (Lipinski definition) is 5. The average molecular weight is 414 g/mol. The second-order valence-electron chi connectivity index (χ2n) is 6.17. The molecule has 5 nitrogen and oxygen atoms in total. The Kier molecular flexibility index (Phi) is 6.16. The Hall–Kier alpha value is -2.64. The summed E-state index contributed by atoms with van der Waals surface area (Å²) in [5, 5.41) is 8.91. The predicted molar refractivity (Wildman–Crippen MR) is 116 cm³/mol. The van der Waals surface area contributed by atoms with Crippen LogP contribution in [0.15, 0.2) is 53.4 Å². The van der Waals surface area contributed by atoms with Gasteiger partial charge in [0.05, 0.1) is 10.6 Å². The molecule has 1 unspecified atom stereocenters. The molecular formula is C21H19NO4S2. The molecule has 144 valence electrons. The van der Waals surface area contributed by atoms with Crippen molar-refractivity contribution in [2.24, 2.45) is 0 Å². The van der Waals surface area contributed by atoms with Crippen molar-refractivity contribution >= 4 is 51.9 Å². The maximum Gasteiger partial charge on any atom is 0.344 e. The standard InChI is InChI=1S/C21H19NO4S2/c1-3-15-6-4-5-7-17(15)22-19(23)18(28-21(22)27)12-14-8-10-16(11-9-14)26-13(2)20(24)25/h4-13H,3H2,1-2H3,(H,24,25)/b18-12+. The molecule has 2 aromatic carbocycles. The number of aliphatic carboxylic acids is 1. The average Bonchev–Trinajstić information content (AvgIpc) is 2.96. The van der Waals surface area contributed by atoms with Crippen LogP contribution in [-0.4, -0.2) is 27.4 Å². The van der Waals surface area contributed by atoms with Gasteiger partial charge >= 0.3 is 5.97 Å². The number of aryl methyl sites for hydroxylation is 1. The highest BCUT2D eigenvalue weighted by Gasteiger charge is 2.34. The number of carbonyl (C=O) groups excluding carboxylic acids is 1. The third kappa shape index (κ3) is 4.26. The zero-order valence-electron chi connectivity index (χ0n) is 15.4. The summed E-state index contributed by atoms with van der Waals surface area (Å²) in [6.45, 7) is 3.51. The summed E-state index contributed by atoms with van der Waals surface area (Å²) in [7, 11) is 0. The number of anilines is 1. The zero-order chi connectivity index (χ0) is 20.3. The Balaban J connectivity index is 1.81. The van der Waals surface area contributed by atoms with Crippen LogP contribution in [0.5, 0.6) is 5.75 Å². The molecule has 0 saturated carbocycles. The molecule has 1 aliphatic heterocycles. The monoisotopic (exact) mass is 413 g/mol. The SMILES string of the molecule is CCc1ccccc1N1C(=O)/C(=C\c2ccc(OC(C)C(=O)O)cc2)SC1=S. The molecule has 28 heavy (non-hydrogen) atoms. The van der Waals surface area contributed by atoms with E-state index in [2.05, 4.69) is 0 Å². The van der Waals surface area contributed by atoms with E-state index in [4.69, 9.17) is 22.1 Å². The van der Waals surface area contributed by atoms with Crippen LogP contribution in [0.1, 0.15) is 25.0 Å². The molecule has 1 aliphatic rings. The number of thioether (sulfide) groups is 1. The quantitative estimate of drug-likeness (QED) is 0.555. The highest BCUT2D eigenvalue weighted by atomic mass is 32.2. The summed E-state index contributed by atoms with van der Waals surface area (Å²) < 4.78 is 5.82. The van der Waals surface area contributed by atoms with Gasteiger partial charge in [-0.25, -0.2) is 4.79 Å². The molecule has 7 heteroatoms. The van der Waals surface area contributed by atoms with Gasteiger partial charge in [0.1, 0.15) is 5.75 Å². The second kappa shape index (κ2) is 8.58. The third-order valence-electron chi connectivity index (χ3n) is 4.25. The molecule has 2 aromatic rings. The minimum absolute atomic E-state index is 0.143. The van der Waals surface area contributed by atoms with Crippen LogP contribution in [0.3, 0.4) is 0 Å². The largest absolute Gasteiger partial charge is 0.479 e. The molecule has 1 fully saturated rings. The van der Waals surface area contributed by atoms with Gasteiger partial charge in [-0.1, -0.05) is 61.2 Å². The van der Waals surface area contributed by atoms with Gasteiger partial charge in [0.2, 0.25) is 0 Å². The van der Waals surface area contributed by atoms with Crippen molar-refractivity contribution in [1.29, 1.82) is 0 Å². The van der Waals surface area contributed by atoms with Crippen molar-refractivity contribution in [2.75, 3.05) is 4.90 Å². The van der Waals surface area contributed by atoms with Gasteiger partial charge < -0.3 is 9.84 Å². The molecule has 0 aromatic heterocycles. The predicted octanol–water partition coefficient (Wildman–Crippen LogP) is 4.51. The van der Waals surface area contributed by atoms with Crippen LogP contribution >= 0.6 is 24.0 Å². The number of rotatable bonds is 6. The lowest BCUT2D eigenvalue weighted by atomic mass is 10.1. The van der Waals surface area contributed by atoms with Gasteiger partial charge in [0.25, 0.3) is 5.91 Å². The Morgan fingerprint density at radius 2 is 1.93 bits per heavy atom. The Morgan fingerprint density at radius 3 is 2.57 bits per heavy atom. The minimum Gasteiger partial charge on any atom is -0.479 e. The number of carboxylic acids is 1. The lowest BCUT2D eigenvalue weighted by molar-refractivity contribution is -0.144. The van der Waals surface area contributed by atoms with Gasteiger partial charge in [0, 0.05) is 0 Å². The fourth-order valence-corrected chi connectivity index (χ4v) is 4.04. The number of carbonyl (C=O) groups is 2. The highest BCUT2D eigenvalue weighted by Crippen LogP contribution is 2.37. The van der Waals surface area contributed by atoms with Crippen LogP contribution in [0.2, 0.25) is 0 Å². The lowest BCUT2D eigenvalue weighted by Gasteiger charge is -2.18. The number of benzene rings is 2. The number of nitrogens with zero attached hydrogens (tertiary/aromatic N) is 1. The molecule has 0 bridgehead atoms. The van der Waals surface area contributed by atoms with Crippen LogP contribution in [0.25, 0.3) is 6.08 Å². The van der Waals surface area contributed by atoms with E-state index in [1.165, 1.54) is 18.7 Å². The first kappa shape index (κ1) is 20.1. The first-order valence-corrected chi connectivity index (χ1v) is 9.98. The molecule has 0 radical (unpaired) electrons. The van der Waals surface area contributed by atoms with Crippen molar-refractivity contribution < 1.29 is 19.4 Å². The van der Waals surface area contributed by atoms with Crippen LogP contribution in [-0.2, 0) is 16.0 Å². The molecule has 1 heterocycles. The van der Waals surface area contributed by atoms with E-state index < -0.39 is 12.1 Å². The normalized spacial score (nSPS) is 16.5. The molecule has 0 aliphatic carbocycles. The van der Waals surface area contributed by atoms with Gasteiger partial charge in [-0.15, -0.1) is 0 Å². The summed E-state index contributed by atoms with van der Waals surface area (Å²) in [4.78, 5) is 25.9. The van der Waals surface area contributed by atoms with E-state index in [0.29, 0.717) is 15.0 Å². The van der Waals surface area contributed by atoms with Crippen molar-refractivity contribution in [2.45, 2.75) is 26.4 Å².